The second-order valence-corrected chi connectivity index (χ2v) is 6.69. The first-order chi connectivity index (χ1) is 11.1. The van der Waals surface area contributed by atoms with Gasteiger partial charge in [-0.05, 0) is 0 Å². The Balaban J connectivity index is 2.19. The molecule has 0 saturated carbocycles. The van der Waals surface area contributed by atoms with Gasteiger partial charge >= 0.3 is 143 Å². The monoisotopic (exact) mass is 309 g/mol. The van der Waals surface area contributed by atoms with Gasteiger partial charge < -0.3 is 0 Å². The van der Waals surface area contributed by atoms with Gasteiger partial charge in [0.2, 0.25) is 0 Å². The van der Waals surface area contributed by atoms with E-state index in [1.54, 1.807) is 0 Å². The molecule has 0 bridgehead atoms. The molecular formula is C20H30BN2. The van der Waals surface area contributed by atoms with Crippen LogP contribution in [-0.2, 0) is 0 Å². The van der Waals surface area contributed by atoms with Crippen molar-refractivity contribution in [2.24, 2.45) is 16.8 Å². The molecule has 0 aromatic rings. The van der Waals surface area contributed by atoms with E-state index in [1.807, 2.05) is 6.08 Å². The van der Waals surface area contributed by atoms with E-state index in [9.17, 15) is 0 Å². The maximum absolute atomic E-state index is 6.40. The summed E-state index contributed by atoms with van der Waals surface area (Å²) in [6.07, 6.45) is 12.2. The number of hydrogen-bond donors (Lipinski definition) is 0. The number of allylic oxidation sites excluding steroid dienone is 2. The van der Waals surface area contributed by atoms with Crippen molar-refractivity contribution < 1.29 is 0 Å². The summed E-state index contributed by atoms with van der Waals surface area (Å²) in [4.78, 5) is 6.95. The van der Waals surface area contributed by atoms with Gasteiger partial charge in [-0.3, -0.25) is 0 Å². The van der Waals surface area contributed by atoms with Gasteiger partial charge in [-0.2, -0.15) is 0 Å². The normalized spacial score (nSPS) is 22.1. The Morgan fingerprint density at radius 1 is 1.35 bits per heavy atom. The van der Waals surface area contributed by atoms with Crippen molar-refractivity contribution in [2.45, 2.75) is 52.9 Å². The molecular weight excluding hydrogens is 279 g/mol. The first-order valence-electron chi connectivity index (χ1n) is 9.09. The number of aliphatic imine (C=N–C) groups is 1. The second-order valence-electron chi connectivity index (χ2n) is 6.69. The van der Waals surface area contributed by atoms with E-state index in [0.717, 1.165) is 29.9 Å². The van der Waals surface area contributed by atoms with Crippen LogP contribution in [-0.4, -0.2) is 37.3 Å². The van der Waals surface area contributed by atoms with Crippen LogP contribution in [0.25, 0.3) is 0 Å². The molecule has 1 atom stereocenters. The molecule has 0 aromatic heterocycles. The van der Waals surface area contributed by atoms with Crippen molar-refractivity contribution in [3.05, 3.63) is 35.6 Å². The Morgan fingerprint density at radius 3 is 2.57 bits per heavy atom. The summed E-state index contributed by atoms with van der Waals surface area (Å²) in [7, 11) is 6.40. The molecule has 1 radical (unpaired) electrons. The standard InChI is InChI=1S/C20H30BN2/c1-5-16(6-2)18-14-22-19(15(18)4)13-17(7-3)20(21)23-11-9-8-10-12-23/h7,13-14,16,18H,3,5-6,8-12H2,1-2,4H3/b17-13+. The van der Waals surface area contributed by atoms with Crippen LogP contribution < -0.4 is 0 Å². The Kier molecular flexibility index (Phi) is 6.62. The van der Waals surface area contributed by atoms with Crippen LogP contribution in [0.4, 0.5) is 0 Å². The summed E-state index contributed by atoms with van der Waals surface area (Å²) in [6, 6.07) is 0. The third kappa shape index (κ3) is 4.13. The fourth-order valence-corrected chi connectivity index (χ4v) is 3.67. The Labute approximate surface area is 143 Å². The number of piperidine rings is 1. The van der Waals surface area contributed by atoms with Crippen LogP contribution in [0.1, 0.15) is 52.9 Å². The molecule has 0 aromatic carbocycles. The van der Waals surface area contributed by atoms with Crippen molar-refractivity contribution in [3.63, 3.8) is 0 Å². The van der Waals surface area contributed by atoms with Gasteiger partial charge in [0.15, 0.2) is 0 Å². The topological polar surface area (TPSA) is 15.6 Å². The zero-order valence-corrected chi connectivity index (χ0v) is 15.0. The van der Waals surface area contributed by atoms with Gasteiger partial charge in [0.1, 0.15) is 0 Å². The molecule has 1 saturated heterocycles. The zero-order valence-electron chi connectivity index (χ0n) is 15.0. The van der Waals surface area contributed by atoms with Crippen molar-refractivity contribution in [3.8, 4) is 0 Å². The number of rotatable bonds is 7. The molecule has 2 aliphatic heterocycles. The summed E-state index contributed by atoms with van der Waals surface area (Å²) in [6.45, 7) is 12.8. The zero-order chi connectivity index (χ0) is 16.8. The van der Waals surface area contributed by atoms with Gasteiger partial charge in [0.25, 0.3) is 0 Å². The predicted molar refractivity (Wildman–Crippen MR) is 103 cm³/mol. The summed E-state index contributed by atoms with van der Waals surface area (Å²) in [5, 5.41) is 0. The third-order valence-electron chi connectivity index (χ3n) is 5.34. The fraction of sp³-hybridized carbons (Fsp3) is 0.600. The molecule has 0 spiro atoms. The van der Waals surface area contributed by atoms with Gasteiger partial charge in [-0.25, -0.2) is 0 Å². The van der Waals surface area contributed by atoms with Gasteiger partial charge in [-0.1, -0.05) is 0 Å². The van der Waals surface area contributed by atoms with E-state index < -0.39 is 0 Å². The van der Waals surface area contributed by atoms with E-state index in [0.29, 0.717) is 11.8 Å². The molecule has 3 heteroatoms. The van der Waals surface area contributed by atoms with E-state index in [4.69, 9.17) is 7.49 Å². The SMILES string of the molecule is [B]=C(/C(C=C)=C/C1=C(C)C(C(CC)CC)C=N1)N1CCCCC1. The van der Waals surface area contributed by atoms with Crippen LogP contribution >= 0.6 is 0 Å². The van der Waals surface area contributed by atoms with Crippen LogP contribution in [0.5, 0.6) is 0 Å². The van der Waals surface area contributed by atoms with Crippen LogP contribution in [0.2, 0.25) is 0 Å². The Bertz CT molecular complexity index is 532. The van der Waals surface area contributed by atoms with E-state index >= 15 is 0 Å². The fourth-order valence-electron chi connectivity index (χ4n) is 3.67. The number of nitrogens with zero attached hydrogens (tertiary/aromatic N) is 2. The predicted octanol–water partition coefficient (Wildman–Crippen LogP) is 4.29. The van der Waals surface area contributed by atoms with E-state index in [1.165, 1.54) is 37.7 Å². The summed E-state index contributed by atoms with van der Waals surface area (Å²) >= 11 is 0. The molecule has 123 valence electrons. The average Bonchev–Trinajstić information content (AvgIpc) is 2.95. The van der Waals surface area contributed by atoms with Gasteiger partial charge in [0.05, 0.1) is 0 Å². The molecule has 2 rings (SSSR count). The molecule has 1 fully saturated rings. The second kappa shape index (κ2) is 8.47. The molecule has 23 heavy (non-hydrogen) atoms. The first-order valence-corrected chi connectivity index (χ1v) is 9.09. The van der Waals surface area contributed by atoms with E-state index in [2.05, 4.69) is 49.5 Å². The molecule has 2 aliphatic rings. The quantitative estimate of drug-likeness (QED) is 0.506. The summed E-state index contributed by atoms with van der Waals surface area (Å²) in [5.74, 6) is 1.15. The Morgan fingerprint density at radius 2 is 2.00 bits per heavy atom. The molecule has 2 heterocycles. The third-order valence-corrected chi connectivity index (χ3v) is 5.34. The van der Waals surface area contributed by atoms with E-state index in [-0.39, 0.29) is 0 Å². The minimum absolute atomic E-state index is 0.471. The van der Waals surface area contributed by atoms with Crippen LogP contribution in [0.3, 0.4) is 0 Å². The van der Waals surface area contributed by atoms with Crippen LogP contribution in [0, 0.1) is 11.8 Å². The number of hydrogen-bond acceptors (Lipinski definition) is 2. The molecule has 0 N–H and O–H groups in total. The van der Waals surface area contributed by atoms with Crippen molar-refractivity contribution in [1.29, 1.82) is 0 Å². The van der Waals surface area contributed by atoms with Gasteiger partial charge in [-0.15, -0.1) is 0 Å². The Hall–Kier alpha value is -1.38. The summed E-state index contributed by atoms with van der Waals surface area (Å²) < 4.78 is 0. The molecule has 2 nitrogen and oxygen atoms in total. The minimum atomic E-state index is 0.471. The van der Waals surface area contributed by atoms with Gasteiger partial charge in [0, 0.05) is 0 Å². The molecule has 0 amide bonds. The maximum atomic E-state index is 6.40. The number of likely N-dealkylation sites (tertiary alicyclic amines) is 1. The van der Waals surface area contributed by atoms with Crippen LogP contribution in [0.15, 0.2) is 40.6 Å². The first kappa shape index (κ1) is 18.0. The molecule has 1 unspecified atom stereocenters. The van der Waals surface area contributed by atoms with Crippen molar-refractivity contribution in [1.82, 2.24) is 4.90 Å². The summed E-state index contributed by atoms with van der Waals surface area (Å²) in [5.41, 5.74) is 4.28. The molecule has 0 aliphatic carbocycles. The van der Waals surface area contributed by atoms with Crippen molar-refractivity contribution >= 4 is 19.3 Å². The average molecular weight is 309 g/mol. The van der Waals surface area contributed by atoms with Crippen molar-refractivity contribution in [2.75, 3.05) is 13.1 Å².